The number of hydrogen-bond acceptors (Lipinski definition) is 10. The molecule has 0 N–H and O–H groups in total. The second-order valence-electron chi connectivity index (χ2n) is 11.3. The van der Waals surface area contributed by atoms with E-state index in [1.165, 1.54) is 0 Å². The molecule has 3 fully saturated rings. The van der Waals surface area contributed by atoms with Gasteiger partial charge in [-0.25, -0.2) is 0 Å². The summed E-state index contributed by atoms with van der Waals surface area (Å²) < 4.78 is 34.2. The van der Waals surface area contributed by atoms with E-state index in [9.17, 15) is 4.79 Å². The van der Waals surface area contributed by atoms with Gasteiger partial charge in [0.25, 0.3) is 0 Å². The van der Waals surface area contributed by atoms with Crippen LogP contribution in [-0.4, -0.2) is 134 Å². The van der Waals surface area contributed by atoms with Crippen LogP contribution in [0.2, 0.25) is 0 Å². The maximum atomic E-state index is 13.6. The van der Waals surface area contributed by atoms with Gasteiger partial charge in [0.05, 0.1) is 40.6 Å². The Hall–Kier alpha value is -3.41. The predicted octanol–water partition coefficient (Wildman–Crippen LogP) is 3.11. The van der Waals surface area contributed by atoms with E-state index in [1.54, 1.807) is 14.2 Å². The van der Waals surface area contributed by atoms with Crippen LogP contribution in [0.25, 0.3) is 12.2 Å². The van der Waals surface area contributed by atoms with Gasteiger partial charge in [-0.2, -0.15) is 0 Å². The van der Waals surface area contributed by atoms with Gasteiger partial charge in [-0.1, -0.05) is 12.1 Å². The highest BCUT2D eigenvalue weighted by molar-refractivity contribution is 6.14. The summed E-state index contributed by atoms with van der Waals surface area (Å²) >= 11 is 0. The number of nitrogens with zero attached hydrogens (tertiary/aromatic N) is 3. The number of ether oxygens (including phenoxy) is 6. The van der Waals surface area contributed by atoms with E-state index in [4.69, 9.17) is 28.4 Å². The van der Waals surface area contributed by atoms with Crippen molar-refractivity contribution < 1.29 is 33.2 Å². The molecule has 10 nitrogen and oxygen atoms in total. The van der Waals surface area contributed by atoms with Gasteiger partial charge in [0.15, 0.2) is 28.8 Å². The first-order valence-corrected chi connectivity index (χ1v) is 15.4. The van der Waals surface area contributed by atoms with Crippen LogP contribution in [0.15, 0.2) is 47.5 Å². The molecule has 238 valence electrons. The molecule has 0 aromatic heterocycles. The molecule has 3 aliphatic heterocycles. The Bertz CT molecular complexity index is 1220. The fourth-order valence-electron chi connectivity index (χ4n) is 5.62. The first-order valence-electron chi connectivity index (χ1n) is 15.4. The minimum Gasteiger partial charge on any atom is -0.493 e. The fourth-order valence-corrected chi connectivity index (χ4v) is 5.62. The van der Waals surface area contributed by atoms with Crippen molar-refractivity contribution in [3.8, 4) is 23.0 Å². The number of carbonyl (C=O) groups is 1. The zero-order valence-electron chi connectivity index (χ0n) is 26.2. The molecule has 0 radical (unpaired) electrons. The lowest BCUT2D eigenvalue weighted by Crippen LogP contribution is -2.38. The Morgan fingerprint density at radius 3 is 1.52 bits per heavy atom. The SMILES string of the molecule is COc1cc(/C=C2\CN(C)C/C(=C\c3ccc(OCCN4CCOCC4)c(OC)c3)C2=O)ccc1OCCN1CCOCC1. The number of hydrogen-bond donors (Lipinski definition) is 0. The normalized spacial score (nSPS) is 20.7. The molecular formula is C34H45N3O7. The number of rotatable bonds is 12. The summed E-state index contributed by atoms with van der Waals surface area (Å²) in [4.78, 5) is 20.4. The van der Waals surface area contributed by atoms with Crippen LogP contribution in [-0.2, 0) is 14.3 Å². The van der Waals surface area contributed by atoms with Crippen LogP contribution in [0, 0.1) is 0 Å². The van der Waals surface area contributed by atoms with Crippen LogP contribution in [0.4, 0.5) is 0 Å². The topological polar surface area (TPSA) is 82.2 Å². The molecule has 0 spiro atoms. The van der Waals surface area contributed by atoms with Gasteiger partial charge in [-0.05, 0) is 54.6 Å². The zero-order valence-corrected chi connectivity index (χ0v) is 26.2. The van der Waals surface area contributed by atoms with E-state index < -0.39 is 0 Å². The molecule has 0 saturated carbocycles. The Kier molecular flexibility index (Phi) is 11.7. The Morgan fingerprint density at radius 2 is 1.11 bits per heavy atom. The first-order chi connectivity index (χ1) is 21.5. The number of methoxy groups -OCH3 is 2. The van der Waals surface area contributed by atoms with Crippen molar-refractivity contribution >= 4 is 17.9 Å². The molecule has 0 unspecified atom stereocenters. The molecule has 0 amide bonds. The lowest BCUT2D eigenvalue weighted by atomic mass is 9.94. The summed E-state index contributed by atoms with van der Waals surface area (Å²) in [6, 6.07) is 11.6. The third-order valence-corrected chi connectivity index (χ3v) is 8.06. The van der Waals surface area contributed by atoms with Gasteiger partial charge in [-0.3, -0.25) is 19.5 Å². The third kappa shape index (κ3) is 8.83. The minimum absolute atomic E-state index is 0.0395. The van der Waals surface area contributed by atoms with Crippen LogP contribution in [0.1, 0.15) is 11.1 Å². The van der Waals surface area contributed by atoms with Crippen LogP contribution in [0.5, 0.6) is 23.0 Å². The summed E-state index contributed by atoms with van der Waals surface area (Å²) in [6.07, 6.45) is 3.88. The molecule has 44 heavy (non-hydrogen) atoms. The van der Waals surface area contributed by atoms with E-state index in [-0.39, 0.29) is 5.78 Å². The smallest absolute Gasteiger partial charge is 0.187 e. The van der Waals surface area contributed by atoms with Crippen LogP contribution in [0.3, 0.4) is 0 Å². The van der Waals surface area contributed by atoms with Crippen molar-refractivity contribution in [2.75, 3.05) is 113 Å². The van der Waals surface area contributed by atoms with E-state index in [1.807, 2.05) is 55.6 Å². The average Bonchev–Trinajstić information content (AvgIpc) is 3.05. The third-order valence-electron chi connectivity index (χ3n) is 8.06. The lowest BCUT2D eigenvalue weighted by molar-refractivity contribution is -0.113. The van der Waals surface area contributed by atoms with Crippen molar-refractivity contribution in [3.05, 3.63) is 58.7 Å². The highest BCUT2D eigenvalue weighted by atomic mass is 16.5. The summed E-state index contributed by atoms with van der Waals surface area (Å²) in [7, 11) is 5.29. The van der Waals surface area contributed by atoms with Gasteiger partial charge >= 0.3 is 0 Å². The first kappa shape index (κ1) is 32.0. The number of benzene rings is 2. The van der Waals surface area contributed by atoms with E-state index in [0.29, 0.717) is 49.3 Å². The van der Waals surface area contributed by atoms with Gasteiger partial charge in [0.1, 0.15) is 13.2 Å². The highest BCUT2D eigenvalue weighted by Gasteiger charge is 2.24. The monoisotopic (exact) mass is 607 g/mol. The average molecular weight is 608 g/mol. The van der Waals surface area contributed by atoms with E-state index >= 15 is 0 Å². The van der Waals surface area contributed by atoms with E-state index in [0.717, 1.165) is 88.0 Å². The quantitative estimate of drug-likeness (QED) is 0.336. The second-order valence-corrected chi connectivity index (χ2v) is 11.3. The number of ketones is 1. The summed E-state index contributed by atoms with van der Waals surface area (Å²) in [5.41, 5.74) is 3.23. The molecule has 10 heteroatoms. The van der Waals surface area contributed by atoms with Crippen molar-refractivity contribution in [1.82, 2.24) is 14.7 Å². The van der Waals surface area contributed by atoms with Gasteiger partial charge < -0.3 is 28.4 Å². The van der Waals surface area contributed by atoms with Gasteiger partial charge in [-0.15, -0.1) is 0 Å². The minimum atomic E-state index is 0.0395. The number of likely N-dealkylation sites (N-methyl/N-ethyl adjacent to an activating group) is 1. The standard InChI is InChI=1S/C34H45N3O7/c1-35-24-28(20-26-4-6-30(32(22-26)39-2)43-18-12-36-8-14-41-15-9-36)34(38)29(25-35)21-27-5-7-31(33(23-27)40-3)44-19-13-37-10-16-42-17-11-37/h4-7,20-23H,8-19,24-25H2,1-3H3/b28-20+,29-21+. The molecule has 3 saturated heterocycles. The molecule has 0 atom stereocenters. The summed E-state index contributed by atoms with van der Waals surface area (Å²) in [5.74, 6) is 2.72. The molecular weight excluding hydrogens is 562 g/mol. The van der Waals surface area contributed by atoms with Crippen molar-refractivity contribution in [1.29, 1.82) is 0 Å². The number of morpholine rings is 2. The predicted molar refractivity (Wildman–Crippen MR) is 170 cm³/mol. The van der Waals surface area contributed by atoms with Crippen molar-refractivity contribution in [3.63, 3.8) is 0 Å². The van der Waals surface area contributed by atoms with Gasteiger partial charge in [0, 0.05) is 63.5 Å². The molecule has 0 aliphatic carbocycles. The Morgan fingerprint density at radius 1 is 0.682 bits per heavy atom. The summed E-state index contributed by atoms with van der Waals surface area (Å²) in [5, 5.41) is 0. The fraction of sp³-hybridized carbons (Fsp3) is 0.500. The van der Waals surface area contributed by atoms with Gasteiger partial charge in [0.2, 0.25) is 0 Å². The lowest BCUT2D eigenvalue weighted by Gasteiger charge is -2.26. The van der Waals surface area contributed by atoms with E-state index in [2.05, 4.69) is 14.7 Å². The highest BCUT2D eigenvalue weighted by Crippen LogP contribution is 2.32. The largest absolute Gasteiger partial charge is 0.493 e. The summed E-state index contributed by atoms with van der Waals surface area (Å²) in [6.45, 7) is 10.7. The zero-order chi connectivity index (χ0) is 30.7. The molecule has 2 aromatic rings. The number of likely N-dealkylation sites (tertiary alicyclic amines) is 1. The number of Topliss-reactive ketones (excluding diaryl/α,β-unsaturated/α-hetero) is 1. The Balaban J connectivity index is 1.23. The molecule has 3 aliphatic rings. The molecule has 0 bridgehead atoms. The second kappa shape index (κ2) is 16.1. The van der Waals surface area contributed by atoms with Crippen molar-refractivity contribution in [2.24, 2.45) is 0 Å². The Labute approximate surface area is 260 Å². The molecule has 5 rings (SSSR count). The molecule has 2 aromatic carbocycles. The van der Waals surface area contributed by atoms with Crippen molar-refractivity contribution in [2.45, 2.75) is 0 Å². The molecule has 3 heterocycles. The maximum absolute atomic E-state index is 13.6. The van der Waals surface area contributed by atoms with Crippen LogP contribution >= 0.6 is 0 Å². The van der Waals surface area contributed by atoms with Crippen LogP contribution < -0.4 is 18.9 Å². The maximum Gasteiger partial charge on any atom is 0.187 e. The number of piperidine rings is 1. The number of carbonyl (C=O) groups excluding carboxylic acids is 1.